The molecule has 0 saturated heterocycles. The van der Waals surface area contributed by atoms with E-state index in [-0.39, 0.29) is 11.8 Å². The summed E-state index contributed by atoms with van der Waals surface area (Å²) in [5, 5.41) is 9.96. The highest BCUT2D eigenvalue weighted by Crippen LogP contribution is 2.32. The second kappa shape index (κ2) is 3.66. The van der Waals surface area contributed by atoms with E-state index in [1.165, 1.54) is 11.8 Å². The van der Waals surface area contributed by atoms with E-state index in [1.807, 2.05) is 31.2 Å². The zero-order valence-electron chi connectivity index (χ0n) is 8.97. The van der Waals surface area contributed by atoms with Gasteiger partial charge in [0.15, 0.2) is 0 Å². The van der Waals surface area contributed by atoms with Crippen LogP contribution in [0.4, 0.5) is 5.69 Å². The van der Waals surface area contributed by atoms with Crippen molar-refractivity contribution in [3.63, 3.8) is 0 Å². The maximum absolute atomic E-state index is 11.5. The minimum Gasteiger partial charge on any atom is -0.373 e. The van der Waals surface area contributed by atoms with E-state index >= 15 is 0 Å². The Balaban J connectivity index is 2.49. The molecule has 80 valence electrons. The Hall–Kier alpha value is -1.35. The van der Waals surface area contributed by atoms with Crippen molar-refractivity contribution in [2.75, 3.05) is 4.90 Å². The van der Waals surface area contributed by atoms with Gasteiger partial charge in [-0.25, -0.2) is 0 Å². The molecule has 1 aromatic carbocycles. The zero-order chi connectivity index (χ0) is 11.0. The van der Waals surface area contributed by atoms with Crippen LogP contribution in [0, 0.1) is 5.92 Å². The second-order valence-corrected chi connectivity index (χ2v) is 4.11. The zero-order valence-corrected chi connectivity index (χ0v) is 8.97. The summed E-state index contributed by atoms with van der Waals surface area (Å²) in [6, 6.07) is 7.73. The monoisotopic (exact) mass is 205 g/mol. The fourth-order valence-corrected chi connectivity index (χ4v) is 2.12. The molecule has 2 rings (SSSR count). The third-order valence-electron chi connectivity index (χ3n) is 2.91. The third-order valence-corrected chi connectivity index (χ3v) is 2.91. The van der Waals surface area contributed by atoms with Crippen LogP contribution in [-0.4, -0.2) is 17.2 Å². The number of nitrogens with zero attached hydrogens (tertiary/aromatic N) is 1. The molecule has 1 N–H and O–H groups in total. The van der Waals surface area contributed by atoms with Crippen molar-refractivity contribution in [2.45, 2.75) is 26.5 Å². The van der Waals surface area contributed by atoms with E-state index in [2.05, 4.69) is 0 Å². The van der Waals surface area contributed by atoms with Crippen molar-refractivity contribution in [1.82, 2.24) is 0 Å². The van der Waals surface area contributed by atoms with Crippen molar-refractivity contribution in [2.24, 2.45) is 5.92 Å². The molecule has 0 spiro atoms. The Labute approximate surface area is 89.3 Å². The molecule has 2 atom stereocenters. The van der Waals surface area contributed by atoms with Gasteiger partial charge in [0.25, 0.3) is 0 Å². The molecule has 15 heavy (non-hydrogen) atoms. The van der Waals surface area contributed by atoms with Gasteiger partial charge in [0.2, 0.25) is 5.91 Å². The van der Waals surface area contributed by atoms with E-state index in [9.17, 15) is 9.90 Å². The molecule has 0 saturated carbocycles. The largest absolute Gasteiger partial charge is 0.373 e. The maximum atomic E-state index is 11.5. The molecule has 0 aliphatic carbocycles. The normalized spacial score (nSPS) is 24.9. The van der Waals surface area contributed by atoms with Gasteiger partial charge in [-0.05, 0) is 18.1 Å². The molecule has 1 unspecified atom stereocenters. The summed E-state index contributed by atoms with van der Waals surface area (Å²) in [7, 11) is 0. The van der Waals surface area contributed by atoms with Gasteiger partial charge >= 0.3 is 0 Å². The number of hydrogen-bond donors (Lipinski definition) is 1. The molecule has 1 heterocycles. The molecule has 1 aromatic rings. The van der Waals surface area contributed by atoms with E-state index in [1.54, 1.807) is 0 Å². The molecule has 3 nitrogen and oxygen atoms in total. The van der Waals surface area contributed by atoms with E-state index < -0.39 is 6.23 Å². The Morgan fingerprint density at radius 1 is 1.47 bits per heavy atom. The molecular formula is C12H15NO2. The molecule has 0 radical (unpaired) electrons. The molecule has 1 aliphatic heterocycles. The Morgan fingerprint density at radius 2 is 2.13 bits per heavy atom. The first kappa shape index (κ1) is 10.2. The summed E-state index contributed by atoms with van der Waals surface area (Å²) < 4.78 is 0. The SMILES string of the molecule is CC(=O)N1c2ccccc2CC(C)[C@@H]1O. The predicted octanol–water partition coefficient (Wildman–Crippen LogP) is 1.55. The van der Waals surface area contributed by atoms with Crippen LogP contribution >= 0.6 is 0 Å². The Kier molecular flexibility index (Phi) is 2.49. The van der Waals surface area contributed by atoms with Gasteiger partial charge in [0.1, 0.15) is 6.23 Å². The minimum atomic E-state index is -0.697. The van der Waals surface area contributed by atoms with Crippen LogP contribution in [-0.2, 0) is 11.2 Å². The average molecular weight is 205 g/mol. The number of amides is 1. The molecule has 0 fully saturated rings. The first-order valence-corrected chi connectivity index (χ1v) is 5.17. The lowest BCUT2D eigenvalue weighted by Crippen LogP contribution is -2.46. The summed E-state index contributed by atoms with van der Waals surface area (Å²) in [6.45, 7) is 3.44. The predicted molar refractivity (Wildman–Crippen MR) is 58.5 cm³/mol. The number of aliphatic hydroxyl groups excluding tert-OH is 1. The number of para-hydroxylation sites is 1. The quantitative estimate of drug-likeness (QED) is 0.698. The lowest BCUT2D eigenvalue weighted by atomic mass is 9.92. The second-order valence-electron chi connectivity index (χ2n) is 4.11. The summed E-state index contributed by atoms with van der Waals surface area (Å²) in [6.07, 6.45) is 0.124. The van der Waals surface area contributed by atoms with Crippen molar-refractivity contribution in [3.05, 3.63) is 29.8 Å². The molecular weight excluding hydrogens is 190 g/mol. The third kappa shape index (κ3) is 1.63. The van der Waals surface area contributed by atoms with E-state index in [0.717, 1.165) is 17.7 Å². The van der Waals surface area contributed by atoms with Crippen LogP contribution in [0.1, 0.15) is 19.4 Å². The summed E-state index contributed by atoms with van der Waals surface area (Å²) in [5.41, 5.74) is 1.97. The van der Waals surface area contributed by atoms with Crippen LogP contribution < -0.4 is 4.90 Å². The number of carbonyl (C=O) groups excluding carboxylic acids is 1. The van der Waals surface area contributed by atoms with Crippen molar-refractivity contribution in [1.29, 1.82) is 0 Å². The summed E-state index contributed by atoms with van der Waals surface area (Å²) >= 11 is 0. The van der Waals surface area contributed by atoms with Gasteiger partial charge in [-0.1, -0.05) is 25.1 Å². The van der Waals surface area contributed by atoms with Crippen LogP contribution in [0.3, 0.4) is 0 Å². The minimum absolute atomic E-state index is 0.0869. The van der Waals surface area contributed by atoms with Gasteiger partial charge in [-0.2, -0.15) is 0 Å². The van der Waals surface area contributed by atoms with Crippen LogP contribution in [0.5, 0.6) is 0 Å². The van der Waals surface area contributed by atoms with Crippen molar-refractivity contribution in [3.8, 4) is 0 Å². The van der Waals surface area contributed by atoms with Crippen LogP contribution in [0.25, 0.3) is 0 Å². The highest BCUT2D eigenvalue weighted by atomic mass is 16.3. The fourth-order valence-electron chi connectivity index (χ4n) is 2.12. The number of carbonyl (C=O) groups is 1. The lowest BCUT2D eigenvalue weighted by molar-refractivity contribution is -0.119. The topological polar surface area (TPSA) is 40.5 Å². The number of fused-ring (bicyclic) bond motifs is 1. The summed E-state index contributed by atoms with van der Waals surface area (Å²) in [4.78, 5) is 13.0. The van der Waals surface area contributed by atoms with Gasteiger partial charge in [-0.15, -0.1) is 0 Å². The number of aliphatic hydroxyl groups is 1. The first-order valence-electron chi connectivity index (χ1n) is 5.17. The molecule has 3 heteroatoms. The number of benzene rings is 1. The average Bonchev–Trinajstić information content (AvgIpc) is 2.19. The Bertz CT molecular complexity index is 389. The molecule has 0 aromatic heterocycles. The number of anilines is 1. The highest BCUT2D eigenvalue weighted by molar-refractivity contribution is 5.93. The lowest BCUT2D eigenvalue weighted by Gasteiger charge is -2.37. The smallest absolute Gasteiger partial charge is 0.225 e. The standard InChI is InChI=1S/C12H15NO2/c1-8-7-10-5-3-4-6-11(10)13(9(2)14)12(8)15/h3-6,8,12,15H,7H2,1-2H3/t8?,12-/m0/s1. The van der Waals surface area contributed by atoms with E-state index in [4.69, 9.17) is 0 Å². The van der Waals surface area contributed by atoms with Crippen LogP contribution in [0.15, 0.2) is 24.3 Å². The van der Waals surface area contributed by atoms with Gasteiger partial charge in [-0.3, -0.25) is 9.69 Å². The molecule has 1 amide bonds. The highest BCUT2D eigenvalue weighted by Gasteiger charge is 2.32. The fraction of sp³-hybridized carbons (Fsp3) is 0.417. The van der Waals surface area contributed by atoms with E-state index in [0.29, 0.717) is 0 Å². The molecule has 1 aliphatic rings. The summed E-state index contributed by atoms with van der Waals surface area (Å²) in [5.74, 6) is -0.0229. The van der Waals surface area contributed by atoms with Gasteiger partial charge in [0.05, 0.1) is 0 Å². The van der Waals surface area contributed by atoms with Gasteiger partial charge in [0, 0.05) is 18.5 Å². The van der Waals surface area contributed by atoms with Crippen LogP contribution in [0.2, 0.25) is 0 Å². The van der Waals surface area contributed by atoms with Gasteiger partial charge < -0.3 is 5.11 Å². The van der Waals surface area contributed by atoms with Crippen molar-refractivity contribution < 1.29 is 9.90 Å². The molecule has 0 bridgehead atoms. The first-order chi connectivity index (χ1) is 7.11. The van der Waals surface area contributed by atoms with Crippen molar-refractivity contribution >= 4 is 11.6 Å². The number of rotatable bonds is 0. The number of hydrogen-bond acceptors (Lipinski definition) is 2. The maximum Gasteiger partial charge on any atom is 0.225 e. The Morgan fingerprint density at radius 3 is 2.80 bits per heavy atom.